The Morgan fingerprint density at radius 3 is 1.22 bits per heavy atom. The van der Waals surface area contributed by atoms with Crippen molar-refractivity contribution < 1.29 is 16.8 Å². The predicted molar refractivity (Wildman–Crippen MR) is 422 cm³/mol. The van der Waals surface area contributed by atoms with Gasteiger partial charge in [-0.15, -0.1) is 0 Å². The Morgan fingerprint density at radius 1 is 0.279 bits per heavy atom. The van der Waals surface area contributed by atoms with Gasteiger partial charge in [-0.25, -0.2) is 16.8 Å². The molecular weight excluding hydrogens is 1310 g/mol. The lowest BCUT2D eigenvalue weighted by atomic mass is 9.42. The Labute approximate surface area is 611 Å². The quantitative estimate of drug-likeness (QED) is 0.128. The van der Waals surface area contributed by atoms with Gasteiger partial charge >= 0.3 is 0 Å². The summed E-state index contributed by atoms with van der Waals surface area (Å²) in [5, 5.41) is 2.23. The zero-order valence-electron chi connectivity index (χ0n) is 58.3. The molecule has 0 unspecified atom stereocenters. The number of nitrogens with zero attached hydrogens (tertiary/aromatic N) is 2. The standard InChI is InChI=1S/C96H80N2O4S2/c1-62-50-75-21-15-22-76(51-62)95(75)87-26-10-12-28-91(87)104(101,102)94-49-47-84(61-90(94)95)98(81-42-34-68(35-43-81)66-18-6-3-7-19-66)82-23-14-20-73(59-82)85-24-8-9-25-86(85)74-31-30-71-58-83(46-38-70(71)57-74)97(79-40-32-67(33-41-79)65-16-4-2-5-17-65)80-44-36-69(37-45-80)72-39-48-93-89(60-72)96(88-27-11-13-29-92(88)103(93,99)100)77-53-63-52-64(55-77)56-78(96)54-63/h2-14,16-20,23-49,57-64,75-78H,15,21-22,50-56H2,1H3/t62?,63-,64+,75-,76-,77+,78-,95?,96?/m0/s1. The first-order chi connectivity index (χ1) is 50.9. The summed E-state index contributed by atoms with van der Waals surface area (Å²) in [6.45, 7) is 2.40. The average Bonchev–Trinajstić information content (AvgIpc) is 0.679. The number of benzene rings is 13. The van der Waals surface area contributed by atoms with Crippen LogP contribution in [0.3, 0.4) is 0 Å². The van der Waals surface area contributed by atoms with E-state index in [1.807, 2.05) is 48.5 Å². The minimum Gasteiger partial charge on any atom is -0.310 e. The third-order valence-corrected chi connectivity index (χ3v) is 29.5. The molecule has 0 N–H and O–H groups in total. The second-order valence-corrected chi connectivity index (χ2v) is 35.0. The van der Waals surface area contributed by atoms with Crippen molar-refractivity contribution in [1.29, 1.82) is 0 Å². The number of hydrogen-bond donors (Lipinski definition) is 0. The van der Waals surface area contributed by atoms with Crippen LogP contribution >= 0.6 is 0 Å². The van der Waals surface area contributed by atoms with Gasteiger partial charge in [-0.2, -0.15) is 0 Å². The van der Waals surface area contributed by atoms with Crippen molar-refractivity contribution in [3.05, 3.63) is 326 Å². The fourth-order valence-electron chi connectivity index (χ4n) is 21.8. The highest BCUT2D eigenvalue weighted by Gasteiger charge is 2.63. The van der Waals surface area contributed by atoms with Gasteiger partial charge in [-0.3, -0.25) is 0 Å². The van der Waals surface area contributed by atoms with E-state index < -0.39 is 25.1 Å². The van der Waals surface area contributed by atoms with Gasteiger partial charge in [0.05, 0.1) is 19.6 Å². The molecule has 2 heterocycles. The molecule has 6 nitrogen and oxygen atoms in total. The largest absolute Gasteiger partial charge is 0.310 e. The summed E-state index contributed by atoms with van der Waals surface area (Å²) >= 11 is 0. The molecule has 2 atom stereocenters. The van der Waals surface area contributed by atoms with Gasteiger partial charge in [0, 0.05) is 45.0 Å². The van der Waals surface area contributed by atoms with Crippen molar-refractivity contribution in [3.63, 3.8) is 0 Å². The van der Waals surface area contributed by atoms with Gasteiger partial charge in [0.15, 0.2) is 0 Å². The molecule has 2 spiro atoms. The Hall–Kier alpha value is -10.4. The number of fused-ring (bicyclic) bond motifs is 5. The molecule has 6 aliphatic carbocycles. The van der Waals surface area contributed by atoms with Gasteiger partial charge in [0.1, 0.15) is 0 Å². The SMILES string of the molecule is CC1C[C@@H]2CCC[C@@H](C1)C21c2ccccc2S(=O)(=O)c2ccc(N(c3ccc(-c4ccccc4)cc3)c3cccc(-c4ccccc4-c4ccc5cc(N(c6ccc(-c7ccccc7)cc6)c6ccc(-c7ccc8c(c7)C7(c9ccccc9S8(=O)=O)[C@H]8C[C@H]9C[C@H](C[C@H]7C9)C8)cc6)ccc5c4)c3)cc21. The minimum absolute atomic E-state index is 0.315. The Balaban J connectivity index is 0.660. The zero-order chi connectivity index (χ0) is 69.6. The molecule has 13 aromatic carbocycles. The van der Waals surface area contributed by atoms with E-state index in [9.17, 15) is 8.42 Å². The Kier molecular flexibility index (Phi) is 14.8. The van der Waals surface area contributed by atoms with Crippen molar-refractivity contribution >= 4 is 64.6 Å². The molecule has 2 aliphatic heterocycles. The molecule has 6 fully saturated rings. The molecule has 13 aromatic rings. The lowest BCUT2D eigenvalue weighted by Crippen LogP contribution is -2.57. The van der Waals surface area contributed by atoms with Gasteiger partial charge in [-0.1, -0.05) is 207 Å². The fraction of sp³-hybridized carbons (Fsp3) is 0.208. The number of anilines is 6. The monoisotopic (exact) mass is 1390 g/mol. The Bertz CT molecular complexity index is 5770. The van der Waals surface area contributed by atoms with E-state index in [2.05, 4.69) is 272 Å². The van der Waals surface area contributed by atoms with Crippen LogP contribution in [-0.4, -0.2) is 16.8 Å². The smallest absolute Gasteiger partial charge is 0.207 e. The van der Waals surface area contributed by atoms with Crippen molar-refractivity contribution in [2.45, 2.75) is 102 Å². The molecule has 8 aliphatic rings. The highest BCUT2D eigenvalue weighted by atomic mass is 32.2. The molecule has 104 heavy (non-hydrogen) atoms. The first-order valence-electron chi connectivity index (χ1n) is 37.6. The van der Waals surface area contributed by atoms with E-state index >= 15 is 8.42 Å². The van der Waals surface area contributed by atoms with Crippen LogP contribution in [0, 0.1) is 41.4 Å². The first kappa shape index (κ1) is 63.3. The van der Waals surface area contributed by atoms with Crippen LogP contribution in [-0.2, 0) is 30.5 Å². The Morgan fingerprint density at radius 2 is 0.654 bits per heavy atom. The maximum atomic E-state index is 15.1. The van der Waals surface area contributed by atoms with Crippen LogP contribution in [0.5, 0.6) is 0 Å². The van der Waals surface area contributed by atoms with Crippen LogP contribution < -0.4 is 9.80 Å². The van der Waals surface area contributed by atoms with Crippen LogP contribution in [0.25, 0.3) is 66.4 Å². The number of hydrogen-bond acceptors (Lipinski definition) is 6. The fourth-order valence-corrected chi connectivity index (χ4v) is 25.3. The van der Waals surface area contributed by atoms with Crippen molar-refractivity contribution in [2.75, 3.05) is 9.80 Å². The number of sulfone groups is 2. The predicted octanol–water partition coefficient (Wildman–Crippen LogP) is 24.3. The lowest BCUT2D eigenvalue weighted by molar-refractivity contribution is -0.0446. The van der Waals surface area contributed by atoms with Crippen LogP contribution in [0.2, 0.25) is 0 Å². The highest BCUT2D eigenvalue weighted by Crippen LogP contribution is 2.69. The van der Waals surface area contributed by atoms with Crippen LogP contribution in [0.4, 0.5) is 34.1 Å². The van der Waals surface area contributed by atoms with Crippen LogP contribution in [0.1, 0.15) is 93.4 Å². The van der Waals surface area contributed by atoms with E-state index in [0.717, 1.165) is 160 Å². The molecule has 510 valence electrons. The van der Waals surface area contributed by atoms with Crippen LogP contribution in [0.15, 0.2) is 323 Å². The molecular formula is C96H80N2O4S2. The molecule has 6 saturated carbocycles. The molecule has 0 saturated heterocycles. The maximum Gasteiger partial charge on any atom is 0.207 e. The third-order valence-electron chi connectivity index (χ3n) is 25.8. The van der Waals surface area contributed by atoms with E-state index in [1.54, 1.807) is 0 Å². The van der Waals surface area contributed by atoms with E-state index in [-0.39, 0.29) is 5.41 Å². The summed E-state index contributed by atoms with van der Waals surface area (Å²) in [5.74, 6) is 3.55. The maximum absolute atomic E-state index is 15.1. The van der Waals surface area contributed by atoms with E-state index in [4.69, 9.17) is 0 Å². The molecule has 0 aromatic heterocycles. The molecule has 21 rings (SSSR count). The van der Waals surface area contributed by atoms with Gasteiger partial charge in [-0.05, 0) is 297 Å². The lowest BCUT2D eigenvalue weighted by Gasteiger charge is -2.63. The van der Waals surface area contributed by atoms with Crippen molar-refractivity contribution in [1.82, 2.24) is 0 Å². The molecule has 0 amide bonds. The van der Waals surface area contributed by atoms with Gasteiger partial charge < -0.3 is 9.80 Å². The van der Waals surface area contributed by atoms with E-state index in [0.29, 0.717) is 49.2 Å². The summed E-state index contributed by atoms with van der Waals surface area (Å²) in [6, 6.07) is 107. The molecule has 8 heteroatoms. The summed E-state index contributed by atoms with van der Waals surface area (Å²) in [6.07, 6.45) is 11.5. The van der Waals surface area contributed by atoms with Gasteiger partial charge in [0.2, 0.25) is 19.7 Å². The first-order valence-corrected chi connectivity index (χ1v) is 40.6. The van der Waals surface area contributed by atoms with Crippen molar-refractivity contribution in [3.8, 4) is 55.6 Å². The summed E-state index contributed by atoms with van der Waals surface area (Å²) in [4.78, 5) is 6.64. The molecule has 0 radical (unpaired) electrons. The third kappa shape index (κ3) is 9.83. The normalized spacial score (nSPS) is 23.9. The second kappa shape index (κ2) is 24.4. The van der Waals surface area contributed by atoms with Gasteiger partial charge in [0.25, 0.3) is 0 Å². The summed E-state index contributed by atoms with van der Waals surface area (Å²) in [5.41, 5.74) is 20.3. The zero-order valence-corrected chi connectivity index (χ0v) is 60.0. The van der Waals surface area contributed by atoms with Crippen molar-refractivity contribution in [2.24, 2.45) is 41.4 Å². The second-order valence-electron chi connectivity index (χ2n) is 31.2. The summed E-state index contributed by atoms with van der Waals surface area (Å²) < 4.78 is 59.6. The average molecular weight is 1390 g/mol. The highest BCUT2D eigenvalue weighted by molar-refractivity contribution is 7.92. The summed E-state index contributed by atoms with van der Waals surface area (Å²) in [7, 11) is -7.53. The minimum atomic E-state index is -3.81. The number of rotatable bonds is 11. The molecule has 6 bridgehead atoms. The van der Waals surface area contributed by atoms with E-state index in [1.165, 1.54) is 38.5 Å². The topological polar surface area (TPSA) is 74.8 Å².